The first kappa shape index (κ1) is 101. The second kappa shape index (κ2) is 56.3. The Morgan fingerprint density at radius 3 is 1.00 bits per heavy atom. The van der Waals surface area contributed by atoms with Gasteiger partial charge in [0.25, 0.3) is 0 Å². The number of rotatable bonds is 0. The maximum Gasteiger partial charge on any atom is 0 e. The van der Waals surface area contributed by atoms with Crippen molar-refractivity contribution in [2.75, 3.05) is 0 Å². The van der Waals surface area contributed by atoms with Crippen LogP contribution in [0.2, 0.25) is 0 Å². The first-order valence-corrected chi connectivity index (χ1v) is 0. The van der Waals surface area contributed by atoms with Crippen molar-refractivity contribution < 1.29 is 34.4 Å². The van der Waals surface area contributed by atoms with Crippen LogP contribution in [0.15, 0.2) is 0 Å². The second-order valence-corrected chi connectivity index (χ2v) is 0. The van der Waals surface area contributed by atoms with Gasteiger partial charge in [0.2, 0.25) is 0 Å². The van der Waals surface area contributed by atoms with E-state index in [-0.39, 0.29) is 61.2 Å². The monoisotopic (exact) mass is 167 g/mol. The Kier molecular flexibility index (Phi) is 1140. The molecule has 4 heteroatoms. The molecule has 0 amide bonds. The smallest absolute Gasteiger partial charge is 0 e. The molecule has 0 aromatic carbocycles. The molecule has 0 unspecified atom stereocenters. The molecule has 0 aliphatic heterocycles. The third-order valence-corrected chi connectivity index (χ3v) is 0. The van der Waals surface area contributed by atoms with Gasteiger partial charge >= 0.3 is 0 Å². The molecule has 0 aromatic heterocycles. The molecule has 0 aliphatic rings. The van der Waals surface area contributed by atoms with Crippen LogP contribution in [0.4, 0.5) is 0 Å². The summed E-state index contributed by atoms with van der Waals surface area (Å²) in [6.07, 6.45) is 0. The first-order chi connectivity index (χ1) is 0. The zero-order chi connectivity index (χ0) is 0. The van der Waals surface area contributed by atoms with Crippen molar-refractivity contribution >= 4 is 19.4 Å². The van der Waals surface area contributed by atoms with Crippen LogP contribution >= 0.6 is 0 Å². The molecule has 3 radical (unpaired) electrons. The zero-order valence-corrected chi connectivity index (χ0v) is 3.72. The maximum atomic E-state index is 0. The molecule has 0 nitrogen and oxygen atoms in total. The van der Waals surface area contributed by atoms with Crippen molar-refractivity contribution in [3.8, 4) is 0 Å². The zero-order valence-electron chi connectivity index (χ0n) is 1.34. The van der Waals surface area contributed by atoms with Gasteiger partial charge in [-0.3, -0.25) is 0 Å². The summed E-state index contributed by atoms with van der Waals surface area (Å²) >= 11 is 0. The molecule has 0 rings (SSSR count). The summed E-state index contributed by atoms with van der Waals surface area (Å²) in [6, 6.07) is 0. The Labute approximate surface area is 61.3 Å². The van der Waals surface area contributed by atoms with Gasteiger partial charge in [0.05, 0.1) is 0 Å². The molecule has 0 spiro atoms. The third kappa shape index (κ3) is 33.3. The van der Waals surface area contributed by atoms with Crippen molar-refractivity contribution in [1.29, 1.82) is 0 Å². The standard InChI is InChI=1S/CH4.B.Cr.Fe.H4Si/h1H4;;;;1H4. The largest absolute Gasteiger partial charge is 0.0776 e. The van der Waals surface area contributed by atoms with E-state index in [1.165, 1.54) is 0 Å². The molecule has 0 aromatic rings. The van der Waals surface area contributed by atoms with Gasteiger partial charge in [-0.25, -0.2) is 0 Å². The molecule has 0 aliphatic carbocycles. The van der Waals surface area contributed by atoms with E-state index in [1.54, 1.807) is 0 Å². The molecule has 0 N–H and O–H groups in total. The van der Waals surface area contributed by atoms with Crippen molar-refractivity contribution in [3.63, 3.8) is 0 Å². The summed E-state index contributed by atoms with van der Waals surface area (Å²) in [7, 11) is 0. The van der Waals surface area contributed by atoms with E-state index in [2.05, 4.69) is 0 Å². The Morgan fingerprint density at radius 1 is 1.00 bits per heavy atom. The van der Waals surface area contributed by atoms with E-state index in [4.69, 9.17) is 0 Å². The van der Waals surface area contributed by atoms with Crippen molar-refractivity contribution in [2.24, 2.45) is 0 Å². The maximum absolute atomic E-state index is 0. The van der Waals surface area contributed by atoms with Gasteiger partial charge in [-0.05, 0) is 11.0 Å². The summed E-state index contributed by atoms with van der Waals surface area (Å²) < 4.78 is 0. The molecule has 33 valence electrons. The van der Waals surface area contributed by atoms with Crippen molar-refractivity contribution in [3.05, 3.63) is 0 Å². The van der Waals surface area contributed by atoms with Crippen LogP contribution in [-0.2, 0) is 34.4 Å². The molecule has 0 atom stereocenters. The van der Waals surface area contributed by atoms with Gasteiger partial charge in [0, 0.05) is 42.8 Å². The fraction of sp³-hybridized carbons (Fsp3) is 1.00. The van der Waals surface area contributed by atoms with Gasteiger partial charge in [-0.15, -0.1) is 0 Å². The van der Waals surface area contributed by atoms with E-state index in [1.807, 2.05) is 0 Å². The van der Waals surface area contributed by atoms with Crippen LogP contribution in [0, 0.1) is 0 Å². The van der Waals surface area contributed by atoms with Gasteiger partial charge in [0.15, 0.2) is 0 Å². The number of hydrogen-bond donors (Lipinski definition) is 0. The summed E-state index contributed by atoms with van der Waals surface area (Å²) in [5.41, 5.74) is 0. The molecular formula is CH8BCrFeSi. The summed E-state index contributed by atoms with van der Waals surface area (Å²) in [4.78, 5) is 0. The summed E-state index contributed by atoms with van der Waals surface area (Å²) in [5.74, 6) is 0. The number of hydrogen-bond acceptors (Lipinski definition) is 0. The normalized spacial score (nSPS) is 0. The van der Waals surface area contributed by atoms with Crippen LogP contribution in [0.3, 0.4) is 0 Å². The second-order valence-electron chi connectivity index (χ2n) is 0. The van der Waals surface area contributed by atoms with Gasteiger partial charge < -0.3 is 0 Å². The minimum atomic E-state index is 0. The summed E-state index contributed by atoms with van der Waals surface area (Å²) in [5, 5.41) is 0. The van der Waals surface area contributed by atoms with Crippen molar-refractivity contribution in [2.45, 2.75) is 7.43 Å². The molecule has 0 heterocycles. The molecule has 0 saturated heterocycles. The van der Waals surface area contributed by atoms with E-state index >= 15 is 0 Å². The van der Waals surface area contributed by atoms with Gasteiger partial charge in [0.1, 0.15) is 0 Å². The fourth-order valence-corrected chi connectivity index (χ4v) is 0. The SMILES string of the molecule is C.[B].[Cr].[Fe].[SiH4]. The average Bonchev–Trinajstić information content (AvgIpc) is 0. The third-order valence-electron chi connectivity index (χ3n) is 0. The van der Waals surface area contributed by atoms with Crippen molar-refractivity contribution in [1.82, 2.24) is 0 Å². The molecular weight excluding hydrogens is 159 g/mol. The van der Waals surface area contributed by atoms with Crippen LogP contribution < -0.4 is 0 Å². The minimum Gasteiger partial charge on any atom is -0.0776 e. The topological polar surface area (TPSA) is 0 Å². The quantitative estimate of drug-likeness (QED) is 0.397. The van der Waals surface area contributed by atoms with Gasteiger partial charge in [-0.2, -0.15) is 0 Å². The predicted octanol–water partition coefficient (Wildman–Crippen LogP) is -1.20. The summed E-state index contributed by atoms with van der Waals surface area (Å²) in [6.45, 7) is 0. The van der Waals surface area contributed by atoms with E-state index < -0.39 is 0 Å². The molecule has 0 saturated carbocycles. The predicted molar refractivity (Wildman–Crippen MR) is 23.8 cm³/mol. The van der Waals surface area contributed by atoms with Crippen LogP contribution in [-0.4, -0.2) is 19.4 Å². The Hall–Kier alpha value is 1.33. The van der Waals surface area contributed by atoms with Gasteiger partial charge in [-0.1, -0.05) is 7.43 Å². The Morgan fingerprint density at radius 2 is 1.00 bits per heavy atom. The van der Waals surface area contributed by atoms with E-state index in [0.717, 1.165) is 0 Å². The minimum absolute atomic E-state index is 0. The van der Waals surface area contributed by atoms with Crippen LogP contribution in [0.5, 0.6) is 0 Å². The first-order valence-electron chi connectivity index (χ1n) is 0. The molecule has 5 heavy (non-hydrogen) atoms. The Bertz CT molecular complexity index is 11.6. The average molecular weight is 167 g/mol. The van der Waals surface area contributed by atoms with E-state index in [9.17, 15) is 0 Å². The van der Waals surface area contributed by atoms with Crippen LogP contribution in [0.1, 0.15) is 7.43 Å². The Balaban J connectivity index is 0. The van der Waals surface area contributed by atoms with Crippen LogP contribution in [0.25, 0.3) is 0 Å². The fourth-order valence-electron chi connectivity index (χ4n) is 0. The van der Waals surface area contributed by atoms with E-state index in [0.29, 0.717) is 0 Å². The molecule has 0 fully saturated rings. The molecule has 0 bridgehead atoms.